The minimum Gasteiger partial charge on any atom is -0.478 e. The molecule has 1 aliphatic heterocycles. The molecule has 2 aromatic carbocycles. The topological polar surface area (TPSA) is 42.7 Å². The fourth-order valence-corrected chi connectivity index (χ4v) is 4.47. The molecule has 0 bridgehead atoms. The number of hydrogen-bond acceptors (Lipinski definition) is 4. The van der Waals surface area contributed by atoms with Crippen molar-refractivity contribution in [1.29, 1.82) is 0 Å². The molecule has 3 aromatic rings. The second-order valence-corrected chi connectivity index (χ2v) is 7.80. The van der Waals surface area contributed by atoms with Crippen LogP contribution in [0.2, 0.25) is 5.02 Å². The van der Waals surface area contributed by atoms with Crippen LogP contribution in [0.25, 0.3) is 11.0 Å². The normalized spacial score (nSPS) is 16.6. The molecule has 0 saturated carbocycles. The molecule has 138 valence electrons. The van der Waals surface area contributed by atoms with Gasteiger partial charge in [0.15, 0.2) is 0 Å². The van der Waals surface area contributed by atoms with Crippen molar-refractivity contribution >= 4 is 22.6 Å². The fraction of sp³-hybridized carbons (Fsp3) is 0.318. The van der Waals surface area contributed by atoms with E-state index in [0.29, 0.717) is 18.9 Å². The Labute approximate surface area is 162 Å². The van der Waals surface area contributed by atoms with Gasteiger partial charge in [0, 0.05) is 29.1 Å². The largest absolute Gasteiger partial charge is 0.478 e. The Morgan fingerprint density at radius 1 is 1.04 bits per heavy atom. The first-order valence-corrected chi connectivity index (χ1v) is 9.77. The van der Waals surface area contributed by atoms with Crippen molar-refractivity contribution in [3.8, 4) is 5.75 Å². The van der Waals surface area contributed by atoms with E-state index >= 15 is 0 Å². The van der Waals surface area contributed by atoms with Gasteiger partial charge in [-0.15, -0.1) is 0 Å². The summed E-state index contributed by atoms with van der Waals surface area (Å²) in [5.74, 6) is 0.809. The zero-order valence-corrected chi connectivity index (χ0v) is 15.7. The number of benzene rings is 2. The van der Waals surface area contributed by atoms with E-state index < -0.39 is 0 Å². The molecule has 5 rings (SSSR count). The van der Waals surface area contributed by atoms with E-state index in [0.717, 1.165) is 65.1 Å². The number of ether oxygens (including phenoxy) is 1. The Bertz CT molecular complexity index is 1090. The summed E-state index contributed by atoms with van der Waals surface area (Å²) in [5, 5.41) is 1.80. The van der Waals surface area contributed by atoms with E-state index in [1.54, 1.807) is 0 Å². The molecule has 2 aliphatic rings. The van der Waals surface area contributed by atoms with Gasteiger partial charge in [-0.3, -0.25) is 4.90 Å². The first-order chi connectivity index (χ1) is 13.2. The summed E-state index contributed by atoms with van der Waals surface area (Å²) in [7, 11) is 0. The van der Waals surface area contributed by atoms with Gasteiger partial charge in [-0.25, -0.2) is 4.79 Å². The van der Waals surface area contributed by atoms with Gasteiger partial charge in [-0.05, 0) is 61.1 Å². The van der Waals surface area contributed by atoms with Crippen LogP contribution in [-0.2, 0) is 25.9 Å². The van der Waals surface area contributed by atoms with Gasteiger partial charge in [0.05, 0.1) is 5.56 Å². The lowest BCUT2D eigenvalue weighted by molar-refractivity contribution is 0.0889. The standard InChI is InChI=1S/C22H20ClNO3/c23-15-5-3-4-14(10-15)11-24-12-19-20(26-13-24)9-8-17-16-6-1-2-7-18(16)22(25)27-21(17)19/h3-5,8-10H,1-2,6-7,11-13H2. The summed E-state index contributed by atoms with van der Waals surface area (Å²) < 4.78 is 11.8. The molecule has 0 fully saturated rings. The van der Waals surface area contributed by atoms with Gasteiger partial charge in [0.2, 0.25) is 0 Å². The molecule has 0 unspecified atom stereocenters. The summed E-state index contributed by atoms with van der Waals surface area (Å²) in [6, 6.07) is 11.9. The fourth-order valence-electron chi connectivity index (χ4n) is 4.26. The molecular weight excluding hydrogens is 362 g/mol. The SMILES string of the molecule is O=c1oc2c3c(ccc2c2c1CCCC2)OCN(Cc1cccc(Cl)c1)C3. The number of fused-ring (bicyclic) bond motifs is 5. The zero-order valence-electron chi connectivity index (χ0n) is 15.0. The highest BCUT2D eigenvalue weighted by Crippen LogP contribution is 2.36. The van der Waals surface area contributed by atoms with Crippen molar-refractivity contribution in [2.24, 2.45) is 0 Å². The number of aryl methyl sites for hydroxylation is 1. The number of nitrogens with zero attached hydrogens (tertiary/aromatic N) is 1. The van der Waals surface area contributed by atoms with Crippen molar-refractivity contribution in [2.45, 2.75) is 38.8 Å². The summed E-state index contributed by atoms with van der Waals surface area (Å²) in [5.41, 5.74) is 4.63. The predicted molar refractivity (Wildman–Crippen MR) is 105 cm³/mol. The monoisotopic (exact) mass is 381 g/mol. The van der Waals surface area contributed by atoms with Crippen molar-refractivity contribution in [1.82, 2.24) is 4.90 Å². The number of hydrogen-bond donors (Lipinski definition) is 0. The smallest absolute Gasteiger partial charge is 0.339 e. The summed E-state index contributed by atoms with van der Waals surface area (Å²) in [4.78, 5) is 14.7. The minimum atomic E-state index is -0.183. The maximum absolute atomic E-state index is 12.5. The van der Waals surface area contributed by atoms with Crippen molar-refractivity contribution < 1.29 is 9.15 Å². The van der Waals surface area contributed by atoms with Crippen LogP contribution >= 0.6 is 11.6 Å². The van der Waals surface area contributed by atoms with Gasteiger partial charge in [-0.1, -0.05) is 23.7 Å². The molecule has 0 N–H and O–H groups in total. The average Bonchev–Trinajstić information content (AvgIpc) is 2.68. The van der Waals surface area contributed by atoms with Crippen LogP contribution in [0.4, 0.5) is 0 Å². The lowest BCUT2D eigenvalue weighted by Crippen LogP contribution is -2.31. The lowest BCUT2D eigenvalue weighted by Gasteiger charge is -2.30. The molecule has 0 saturated heterocycles. The molecule has 0 radical (unpaired) electrons. The Morgan fingerprint density at radius 3 is 2.74 bits per heavy atom. The van der Waals surface area contributed by atoms with Crippen LogP contribution in [0.5, 0.6) is 5.75 Å². The highest BCUT2D eigenvalue weighted by atomic mass is 35.5. The third kappa shape index (κ3) is 3.03. The third-order valence-electron chi connectivity index (χ3n) is 5.53. The molecule has 27 heavy (non-hydrogen) atoms. The van der Waals surface area contributed by atoms with Gasteiger partial charge in [0.1, 0.15) is 18.1 Å². The van der Waals surface area contributed by atoms with Crippen LogP contribution < -0.4 is 10.4 Å². The van der Waals surface area contributed by atoms with E-state index in [9.17, 15) is 4.79 Å². The van der Waals surface area contributed by atoms with Gasteiger partial charge < -0.3 is 9.15 Å². The molecule has 5 heteroatoms. The number of halogens is 1. The molecule has 4 nitrogen and oxygen atoms in total. The molecule has 1 aromatic heterocycles. The molecular formula is C22H20ClNO3. The summed E-state index contributed by atoms with van der Waals surface area (Å²) in [6.07, 6.45) is 3.95. The van der Waals surface area contributed by atoms with Crippen LogP contribution in [0.3, 0.4) is 0 Å². The van der Waals surface area contributed by atoms with E-state index in [1.165, 1.54) is 5.56 Å². The highest BCUT2D eigenvalue weighted by molar-refractivity contribution is 6.30. The Hall–Kier alpha value is -2.30. The highest BCUT2D eigenvalue weighted by Gasteiger charge is 2.25. The van der Waals surface area contributed by atoms with Crippen molar-refractivity contribution in [2.75, 3.05) is 6.73 Å². The second kappa shape index (κ2) is 6.70. The Morgan fingerprint density at radius 2 is 1.89 bits per heavy atom. The molecule has 2 heterocycles. The number of rotatable bonds is 2. The lowest BCUT2D eigenvalue weighted by atomic mass is 9.90. The summed E-state index contributed by atoms with van der Waals surface area (Å²) in [6.45, 7) is 1.91. The van der Waals surface area contributed by atoms with Gasteiger partial charge in [-0.2, -0.15) is 0 Å². The van der Waals surface area contributed by atoms with Crippen LogP contribution in [0.15, 0.2) is 45.6 Å². The van der Waals surface area contributed by atoms with Gasteiger partial charge in [0.25, 0.3) is 0 Å². The van der Waals surface area contributed by atoms with Crippen LogP contribution in [0, 0.1) is 0 Å². The maximum Gasteiger partial charge on any atom is 0.339 e. The zero-order chi connectivity index (χ0) is 18.4. The van der Waals surface area contributed by atoms with E-state index in [1.807, 2.05) is 30.3 Å². The maximum atomic E-state index is 12.5. The summed E-state index contributed by atoms with van der Waals surface area (Å²) >= 11 is 6.11. The molecule has 0 amide bonds. The van der Waals surface area contributed by atoms with Crippen LogP contribution in [0.1, 0.15) is 35.1 Å². The van der Waals surface area contributed by atoms with Crippen LogP contribution in [-0.4, -0.2) is 11.6 Å². The molecule has 1 aliphatic carbocycles. The van der Waals surface area contributed by atoms with E-state index in [4.69, 9.17) is 20.8 Å². The second-order valence-electron chi connectivity index (χ2n) is 7.36. The van der Waals surface area contributed by atoms with Crippen molar-refractivity contribution in [3.63, 3.8) is 0 Å². The van der Waals surface area contributed by atoms with Crippen molar-refractivity contribution in [3.05, 3.63) is 74.1 Å². The first-order valence-electron chi connectivity index (χ1n) is 9.39. The average molecular weight is 382 g/mol. The Balaban J connectivity index is 1.55. The molecule has 0 spiro atoms. The van der Waals surface area contributed by atoms with Gasteiger partial charge >= 0.3 is 5.63 Å². The third-order valence-corrected chi connectivity index (χ3v) is 5.77. The first kappa shape index (κ1) is 16.8. The quantitative estimate of drug-likeness (QED) is 0.604. The predicted octanol–water partition coefficient (Wildman–Crippen LogP) is 4.68. The van der Waals surface area contributed by atoms with E-state index in [2.05, 4.69) is 11.0 Å². The minimum absolute atomic E-state index is 0.183. The Kier molecular flexibility index (Phi) is 4.18. The van der Waals surface area contributed by atoms with E-state index in [-0.39, 0.29) is 5.63 Å². The molecule has 0 atom stereocenters.